The zero-order valence-electron chi connectivity index (χ0n) is 19.0. The number of ketones is 2. The van der Waals surface area contributed by atoms with Gasteiger partial charge in [-0.2, -0.15) is 0 Å². The molecule has 3 saturated carbocycles. The molecule has 5 nitrogen and oxygen atoms in total. The molecule has 29 heavy (non-hydrogen) atoms. The van der Waals surface area contributed by atoms with Crippen molar-refractivity contribution in [1.82, 2.24) is 0 Å². The second kappa shape index (κ2) is 7.79. The molecule has 3 rings (SSSR count). The zero-order chi connectivity index (χ0) is 21.6. The average Bonchev–Trinajstić information content (AvgIpc) is 2.94. The van der Waals surface area contributed by atoms with Crippen molar-refractivity contribution in [3.8, 4) is 0 Å². The minimum Gasteiger partial charge on any atom is -0.468 e. The molecule has 3 aliphatic carbocycles. The van der Waals surface area contributed by atoms with E-state index in [1.807, 2.05) is 0 Å². The van der Waals surface area contributed by atoms with Crippen molar-refractivity contribution >= 4 is 17.5 Å². The van der Waals surface area contributed by atoms with Crippen LogP contribution in [0, 0.1) is 28.6 Å². The number of hydrogen-bond donors (Lipinski definition) is 0. The van der Waals surface area contributed by atoms with E-state index in [4.69, 9.17) is 9.47 Å². The first-order valence-electron chi connectivity index (χ1n) is 11.2. The highest BCUT2D eigenvalue weighted by Gasteiger charge is 2.61. The summed E-state index contributed by atoms with van der Waals surface area (Å²) in [5.74, 6) is 0.639. The lowest BCUT2D eigenvalue weighted by Crippen LogP contribution is -2.54. The van der Waals surface area contributed by atoms with Gasteiger partial charge in [0.05, 0.1) is 18.8 Å². The fourth-order valence-electron chi connectivity index (χ4n) is 6.58. The fraction of sp³-hybridized carbons (Fsp3) is 0.875. The highest BCUT2D eigenvalue weighted by atomic mass is 16.5. The van der Waals surface area contributed by atoms with E-state index in [1.54, 1.807) is 0 Å². The van der Waals surface area contributed by atoms with Gasteiger partial charge in [0.1, 0.15) is 17.0 Å². The molecular formula is C24H38O5. The normalized spacial score (nSPS) is 39.6. The third kappa shape index (κ3) is 4.04. The van der Waals surface area contributed by atoms with Crippen LogP contribution >= 0.6 is 0 Å². The van der Waals surface area contributed by atoms with Crippen LogP contribution in [0.15, 0.2) is 0 Å². The molecule has 164 valence electrons. The Labute approximate surface area is 175 Å². The maximum absolute atomic E-state index is 13.2. The molecule has 0 aromatic carbocycles. The molecule has 0 aliphatic heterocycles. The van der Waals surface area contributed by atoms with Crippen LogP contribution in [0.5, 0.6) is 0 Å². The van der Waals surface area contributed by atoms with Gasteiger partial charge in [-0.15, -0.1) is 0 Å². The first kappa shape index (κ1) is 22.5. The molecule has 0 amide bonds. The van der Waals surface area contributed by atoms with Gasteiger partial charge in [0.15, 0.2) is 0 Å². The topological polar surface area (TPSA) is 69.7 Å². The van der Waals surface area contributed by atoms with E-state index >= 15 is 0 Å². The molecule has 0 radical (unpaired) electrons. The van der Waals surface area contributed by atoms with Crippen LogP contribution < -0.4 is 0 Å². The van der Waals surface area contributed by atoms with Crippen molar-refractivity contribution < 1.29 is 23.9 Å². The smallest absolute Gasteiger partial charge is 0.319 e. The summed E-state index contributed by atoms with van der Waals surface area (Å²) in [4.78, 5) is 37.7. The van der Waals surface area contributed by atoms with Crippen LogP contribution in [0.1, 0.15) is 86.0 Å². The Morgan fingerprint density at radius 2 is 1.86 bits per heavy atom. The maximum Gasteiger partial charge on any atom is 0.319 e. The fourth-order valence-corrected chi connectivity index (χ4v) is 6.58. The number of carbonyl (C=O) groups excluding carboxylic acids is 3. The van der Waals surface area contributed by atoms with Gasteiger partial charge in [0.25, 0.3) is 0 Å². The van der Waals surface area contributed by atoms with Gasteiger partial charge < -0.3 is 14.3 Å². The van der Waals surface area contributed by atoms with E-state index in [2.05, 4.69) is 27.7 Å². The first-order valence-corrected chi connectivity index (χ1v) is 11.2. The van der Waals surface area contributed by atoms with Crippen LogP contribution in [0.2, 0.25) is 0 Å². The molecule has 3 fully saturated rings. The minimum absolute atomic E-state index is 0.0104. The van der Waals surface area contributed by atoms with Crippen molar-refractivity contribution in [2.45, 2.75) is 97.7 Å². The number of fused-ring (bicyclic) bond motifs is 3. The van der Waals surface area contributed by atoms with E-state index in [1.165, 1.54) is 14.0 Å². The monoisotopic (exact) mass is 406 g/mol. The van der Waals surface area contributed by atoms with E-state index in [0.717, 1.165) is 25.7 Å². The lowest BCUT2D eigenvalue weighted by molar-refractivity contribution is -0.170. The van der Waals surface area contributed by atoms with E-state index in [-0.39, 0.29) is 41.5 Å². The molecule has 0 spiro atoms. The van der Waals surface area contributed by atoms with Crippen molar-refractivity contribution in [1.29, 1.82) is 0 Å². The van der Waals surface area contributed by atoms with Crippen LogP contribution in [0.3, 0.4) is 0 Å². The van der Waals surface area contributed by atoms with Crippen molar-refractivity contribution in [3.63, 3.8) is 0 Å². The van der Waals surface area contributed by atoms with E-state index in [0.29, 0.717) is 30.6 Å². The van der Waals surface area contributed by atoms with E-state index < -0.39 is 11.4 Å². The number of Topliss-reactive ketones (excluding diaryl/α,β-unsaturated/α-hetero) is 2. The number of hydrogen-bond acceptors (Lipinski definition) is 5. The largest absolute Gasteiger partial charge is 0.468 e. The summed E-state index contributed by atoms with van der Waals surface area (Å²) in [5.41, 5.74) is -1.25. The lowest BCUT2D eigenvalue weighted by atomic mass is 9.51. The quantitative estimate of drug-likeness (QED) is 0.496. The lowest BCUT2D eigenvalue weighted by Gasteiger charge is -2.53. The molecule has 0 bridgehead atoms. The van der Waals surface area contributed by atoms with Crippen LogP contribution in [-0.4, -0.2) is 36.4 Å². The first-order chi connectivity index (χ1) is 13.4. The molecule has 0 saturated heterocycles. The van der Waals surface area contributed by atoms with Gasteiger partial charge in [-0.25, -0.2) is 0 Å². The predicted octanol–water partition coefficient (Wildman–Crippen LogP) is 4.50. The molecule has 0 aromatic heterocycles. The maximum atomic E-state index is 13.2. The molecule has 1 unspecified atom stereocenters. The van der Waals surface area contributed by atoms with Crippen molar-refractivity contribution in [2.24, 2.45) is 28.6 Å². The zero-order valence-corrected chi connectivity index (χ0v) is 19.0. The summed E-state index contributed by atoms with van der Waals surface area (Å²) in [6.07, 6.45) is 5.91. The molecule has 3 aliphatic rings. The summed E-state index contributed by atoms with van der Waals surface area (Å²) in [6, 6.07) is 0. The van der Waals surface area contributed by atoms with Gasteiger partial charge in [0, 0.05) is 12.8 Å². The van der Waals surface area contributed by atoms with Gasteiger partial charge in [0.2, 0.25) is 0 Å². The van der Waals surface area contributed by atoms with Gasteiger partial charge in [-0.05, 0) is 89.4 Å². The molecule has 0 aromatic rings. The number of rotatable bonds is 5. The van der Waals surface area contributed by atoms with Crippen LogP contribution in [0.25, 0.3) is 0 Å². The predicted molar refractivity (Wildman–Crippen MR) is 110 cm³/mol. The van der Waals surface area contributed by atoms with Gasteiger partial charge in [-0.3, -0.25) is 9.59 Å². The average molecular weight is 407 g/mol. The number of ether oxygens (including phenoxy) is 2. The SMILES string of the molecule is COC(=O)C1(CCC(C)=O)C[C@H]2[C@@H](CC[C@]3(C)[C@@H]2CC[C@H]3OC(C)(C)C)CC1=O. The van der Waals surface area contributed by atoms with E-state index in [9.17, 15) is 14.4 Å². The number of methoxy groups -OCH3 is 1. The number of esters is 1. The molecule has 0 N–H and O–H groups in total. The Morgan fingerprint density at radius 3 is 2.45 bits per heavy atom. The summed E-state index contributed by atoms with van der Waals surface area (Å²) < 4.78 is 11.6. The molecule has 0 heterocycles. The summed E-state index contributed by atoms with van der Waals surface area (Å²) in [6.45, 7) is 10.2. The second-order valence-corrected chi connectivity index (χ2v) is 11.0. The van der Waals surface area contributed by atoms with Gasteiger partial charge >= 0.3 is 5.97 Å². The highest BCUT2D eigenvalue weighted by molar-refractivity contribution is 6.04. The summed E-state index contributed by atoms with van der Waals surface area (Å²) >= 11 is 0. The summed E-state index contributed by atoms with van der Waals surface area (Å²) in [7, 11) is 1.35. The van der Waals surface area contributed by atoms with Gasteiger partial charge in [-0.1, -0.05) is 6.92 Å². The highest BCUT2D eigenvalue weighted by Crippen LogP contribution is 2.62. The minimum atomic E-state index is -1.15. The third-order valence-electron chi connectivity index (χ3n) is 8.04. The molecule has 5 heteroatoms. The standard InChI is InChI=1S/C24H38O5/c1-15(25)9-12-24(21(27)28-6)14-17-16(13-19(24)26)10-11-23(5)18(17)7-8-20(23)29-22(2,3)4/h16-18,20H,7-14H2,1-6H3/t16-,17-,18+,20+,23+,24?/m0/s1. The molecule has 6 atom stereocenters. The Bertz CT molecular complexity index is 677. The molecular weight excluding hydrogens is 368 g/mol. The summed E-state index contributed by atoms with van der Waals surface area (Å²) in [5, 5.41) is 0. The van der Waals surface area contributed by atoms with Crippen LogP contribution in [-0.2, 0) is 23.9 Å². The Balaban J connectivity index is 1.89. The second-order valence-electron chi connectivity index (χ2n) is 11.0. The van der Waals surface area contributed by atoms with Crippen LogP contribution in [0.4, 0.5) is 0 Å². The number of carbonyl (C=O) groups is 3. The van der Waals surface area contributed by atoms with Crippen molar-refractivity contribution in [2.75, 3.05) is 7.11 Å². The van der Waals surface area contributed by atoms with Crippen molar-refractivity contribution in [3.05, 3.63) is 0 Å². The Kier molecular flexibility index (Phi) is 6.03. The Morgan fingerprint density at radius 1 is 1.17 bits per heavy atom. The third-order valence-corrected chi connectivity index (χ3v) is 8.04. The Hall–Kier alpha value is -1.23.